The normalized spacial score (nSPS) is 11.9. The molecule has 0 saturated carbocycles. The molecule has 0 aliphatic heterocycles. The van der Waals surface area contributed by atoms with Crippen LogP contribution in [0.4, 0.5) is 10.1 Å². The van der Waals surface area contributed by atoms with Crippen LogP contribution in [0.3, 0.4) is 0 Å². The van der Waals surface area contributed by atoms with Crippen molar-refractivity contribution in [3.63, 3.8) is 0 Å². The zero-order valence-corrected chi connectivity index (χ0v) is 25.8. The van der Waals surface area contributed by atoms with Crippen LogP contribution in [0.25, 0.3) is 0 Å². The van der Waals surface area contributed by atoms with Gasteiger partial charge < -0.3 is 10.2 Å². The molecule has 1 atom stereocenters. The summed E-state index contributed by atoms with van der Waals surface area (Å²) in [5.74, 6) is -2.01. The molecule has 4 aromatic carbocycles. The van der Waals surface area contributed by atoms with Crippen molar-refractivity contribution < 1.29 is 22.4 Å². The maximum absolute atomic E-state index is 15.1. The molecule has 43 heavy (non-hydrogen) atoms. The van der Waals surface area contributed by atoms with E-state index in [1.807, 2.05) is 30.3 Å². The summed E-state index contributed by atoms with van der Waals surface area (Å²) in [6.45, 7) is 0.929. The maximum atomic E-state index is 15.1. The van der Waals surface area contributed by atoms with E-state index in [4.69, 9.17) is 23.2 Å². The molecular formula is C32H30Cl2FN3O4S. The fraction of sp³-hybridized carbons (Fsp3) is 0.188. The third-order valence-electron chi connectivity index (χ3n) is 6.86. The number of nitrogens with zero attached hydrogens (tertiary/aromatic N) is 2. The molecule has 4 rings (SSSR count). The number of likely N-dealkylation sites (N-methyl/N-ethyl adjacent to an activating group) is 1. The Morgan fingerprint density at radius 3 is 2.14 bits per heavy atom. The molecule has 0 aliphatic carbocycles. The zero-order valence-electron chi connectivity index (χ0n) is 23.5. The minimum atomic E-state index is -4.41. The summed E-state index contributed by atoms with van der Waals surface area (Å²) in [6.07, 6.45) is 0.137. The van der Waals surface area contributed by atoms with E-state index >= 15 is 4.39 Å². The van der Waals surface area contributed by atoms with Crippen molar-refractivity contribution in [3.05, 3.63) is 130 Å². The quantitative estimate of drug-likeness (QED) is 0.217. The maximum Gasteiger partial charge on any atom is 0.264 e. The Balaban J connectivity index is 1.81. The highest BCUT2D eigenvalue weighted by molar-refractivity contribution is 7.92. The number of carbonyl (C=O) groups excluding carboxylic acids is 2. The molecule has 0 unspecified atom stereocenters. The number of nitrogens with one attached hydrogen (secondary N) is 1. The molecule has 0 aliphatic rings. The molecule has 0 fully saturated rings. The van der Waals surface area contributed by atoms with Crippen LogP contribution in [0, 0.1) is 12.7 Å². The molecule has 0 heterocycles. The number of rotatable bonds is 11. The van der Waals surface area contributed by atoms with Gasteiger partial charge in [0.15, 0.2) is 0 Å². The number of anilines is 1. The van der Waals surface area contributed by atoms with Gasteiger partial charge in [-0.15, -0.1) is 0 Å². The lowest BCUT2D eigenvalue weighted by Gasteiger charge is -2.33. The summed E-state index contributed by atoms with van der Waals surface area (Å²) in [4.78, 5) is 28.7. The number of amides is 2. The average Bonchev–Trinajstić information content (AvgIpc) is 3.00. The van der Waals surface area contributed by atoms with E-state index < -0.39 is 40.2 Å². The first-order valence-electron chi connectivity index (χ1n) is 13.3. The number of aryl methyl sites for hydroxylation is 1. The van der Waals surface area contributed by atoms with E-state index in [0.29, 0.717) is 10.6 Å². The first-order valence-corrected chi connectivity index (χ1v) is 15.5. The number of halogens is 3. The first-order chi connectivity index (χ1) is 20.5. The topological polar surface area (TPSA) is 86.8 Å². The van der Waals surface area contributed by atoms with Crippen molar-refractivity contribution >= 4 is 50.7 Å². The lowest BCUT2D eigenvalue weighted by atomic mass is 10.0. The van der Waals surface area contributed by atoms with Crippen LogP contribution in [-0.4, -0.2) is 44.8 Å². The molecule has 2 amide bonds. The summed E-state index contributed by atoms with van der Waals surface area (Å²) in [5, 5.41) is 3.17. The van der Waals surface area contributed by atoms with Crippen LogP contribution < -0.4 is 9.62 Å². The van der Waals surface area contributed by atoms with Gasteiger partial charge in [-0.2, -0.15) is 0 Å². The van der Waals surface area contributed by atoms with E-state index in [0.717, 1.165) is 21.5 Å². The molecule has 224 valence electrons. The van der Waals surface area contributed by atoms with Crippen LogP contribution in [0.1, 0.15) is 16.7 Å². The van der Waals surface area contributed by atoms with Crippen molar-refractivity contribution in [2.45, 2.75) is 30.8 Å². The summed E-state index contributed by atoms with van der Waals surface area (Å²) >= 11 is 12.4. The van der Waals surface area contributed by atoms with Gasteiger partial charge in [-0.05, 0) is 54.4 Å². The number of benzene rings is 4. The van der Waals surface area contributed by atoms with Gasteiger partial charge in [0.2, 0.25) is 11.8 Å². The van der Waals surface area contributed by atoms with Crippen LogP contribution in [0.5, 0.6) is 0 Å². The van der Waals surface area contributed by atoms with Crippen molar-refractivity contribution in [3.8, 4) is 0 Å². The number of hydrogen-bond acceptors (Lipinski definition) is 4. The van der Waals surface area contributed by atoms with E-state index in [2.05, 4.69) is 5.32 Å². The Labute approximate surface area is 260 Å². The van der Waals surface area contributed by atoms with E-state index in [-0.39, 0.29) is 28.6 Å². The molecule has 0 radical (unpaired) electrons. The standard InChI is InChI=1S/C32H30Cl2FN3O4S/c1-22-12-15-25(16-13-22)43(41,42)38(29-11-7-6-10-28(29)35)21-31(39)37(20-24-14-17-26(33)27(34)18-24)30(32(40)36-2)19-23-8-4-3-5-9-23/h3-18,30H,19-21H2,1-2H3,(H,36,40)/t30-/m0/s1. The summed E-state index contributed by atoms with van der Waals surface area (Å²) < 4.78 is 43.7. The predicted molar refractivity (Wildman–Crippen MR) is 167 cm³/mol. The molecule has 0 saturated heterocycles. The first kappa shape index (κ1) is 32.0. The highest BCUT2D eigenvalue weighted by Gasteiger charge is 2.35. The Morgan fingerprint density at radius 1 is 0.860 bits per heavy atom. The Bertz CT molecular complexity index is 1700. The Hall–Kier alpha value is -3.92. The number of sulfonamides is 1. The van der Waals surface area contributed by atoms with Gasteiger partial charge in [-0.3, -0.25) is 13.9 Å². The highest BCUT2D eigenvalue weighted by atomic mass is 35.5. The smallest absolute Gasteiger partial charge is 0.264 e. The molecule has 11 heteroatoms. The highest BCUT2D eigenvalue weighted by Crippen LogP contribution is 2.28. The summed E-state index contributed by atoms with van der Waals surface area (Å²) in [6, 6.07) is 24.2. The lowest BCUT2D eigenvalue weighted by molar-refractivity contribution is -0.139. The number of carbonyl (C=O) groups is 2. The fourth-order valence-electron chi connectivity index (χ4n) is 4.56. The van der Waals surface area contributed by atoms with Gasteiger partial charge in [0.1, 0.15) is 18.4 Å². The van der Waals surface area contributed by atoms with Crippen molar-refractivity contribution in [2.75, 3.05) is 17.9 Å². The number of hydrogen-bond donors (Lipinski definition) is 1. The van der Waals surface area contributed by atoms with Crippen LogP contribution in [0.2, 0.25) is 10.0 Å². The van der Waals surface area contributed by atoms with Crippen molar-refractivity contribution in [1.29, 1.82) is 0 Å². The zero-order chi connectivity index (χ0) is 31.1. The molecule has 7 nitrogen and oxygen atoms in total. The van der Waals surface area contributed by atoms with Gasteiger partial charge in [-0.25, -0.2) is 12.8 Å². The monoisotopic (exact) mass is 641 g/mol. The van der Waals surface area contributed by atoms with Gasteiger partial charge in [0, 0.05) is 20.0 Å². The fourth-order valence-corrected chi connectivity index (χ4v) is 6.30. The van der Waals surface area contributed by atoms with Gasteiger partial charge in [0.05, 0.1) is 20.6 Å². The summed E-state index contributed by atoms with van der Waals surface area (Å²) in [7, 11) is -2.96. The van der Waals surface area contributed by atoms with E-state index in [1.165, 1.54) is 42.3 Å². The van der Waals surface area contributed by atoms with E-state index in [9.17, 15) is 18.0 Å². The summed E-state index contributed by atoms with van der Waals surface area (Å²) in [5.41, 5.74) is 1.87. The molecule has 0 spiro atoms. The van der Waals surface area contributed by atoms with Crippen LogP contribution in [0.15, 0.2) is 102 Å². The van der Waals surface area contributed by atoms with Crippen LogP contribution >= 0.6 is 23.2 Å². The third kappa shape index (κ3) is 7.73. The second-order valence-corrected chi connectivity index (χ2v) is 12.5. The second kappa shape index (κ2) is 14.0. The average molecular weight is 643 g/mol. The van der Waals surface area contributed by atoms with Crippen LogP contribution in [-0.2, 0) is 32.6 Å². The van der Waals surface area contributed by atoms with Gasteiger partial charge in [0.25, 0.3) is 10.0 Å². The third-order valence-corrected chi connectivity index (χ3v) is 9.38. The van der Waals surface area contributed by atoms with E-state index in [1.54, 1.807) is 37.3 Å². The SMILES string of the molecule is CNC(=O)[C@H](Cc1ccccc1)N(Cc1ccc(Cl)c(Cl)c1)C(=O)CN(c1ccccc1F)S(=O)(=O)c1ccc(C)cc1. The molecule has 0 bridgehead atoms. The predicted octanol–water partition coefficient (Wildman–Crippen LogP) is 6.02. The Morgan fingerprint density at radius 2 is 1.51 bits per heavy atom. The molecule has 4 aromatic rings. The van der Waals surface area contributed by atoms with Gasteiger partial charge >= 0.3 is 0 Å². The minimum Gasteiger partial charge on any atom is -0.357 e. The molecule has 0 aromatic heterocycles. The van der Waals surface area contributed by atoms with Gasteiger partial charge in [-0.1, -0.05) is 89.4 Å². The second-order valence-electron chi connectivity index (χ2n) is 9.87. The number of para-hydroxylation sites is 1. The Kier molecular flexibility index (Phi) is 10.4. The molecular weight excluding hydrogens is 612 g/mol. The molecule has 1 N–H and O–H groups in total. The van der Waals surface area contributed by atoms with Crippen molar-refractivity contribution in [2.24, 2.45) is 0 Å². The largest absolute Gasteiger partial charge is 0.357 e. The minimum absolute atomic E-state index is 0.101. The van der Waals surface area contributed by atoms with Crippen molar-refractivity contribution in [1.82, 2.24) is 10.2 Å². The lowest BCUT2D eigenvalue weighted by Crippen LogP contribution is -2.53.